The fourth-order valence-electron chi connectivity index (χ4n) is 7.91. The van der Waals surface area contributed by atoms with Crippen LogP contribution >= 0.6 is 0 Å². The standard InChI is InChI=1S/C48H32N2/c1-3-14-33(15-4-1)39-20-9-11-23-45(39)50-46-24-12-10-21-42(46)43-22-13-25-47(48(43)50)49(36-17-5-2-6-18-36)37-29-26-35-28-30-40-38-19-8-7-16-34(38)27-31-41(40)44(35)32-37/h1-32H. The molecular formula is C48H32N2. The smallest absolute Gasteiger partial charge is 0.0782 e. The Morgan fingerprint density at radius 1 is 0.360 bits per heavy atom. The summed E-state index contributed by atoms with van der Waals surface area (Å²) in [4.78, 5) is 2.43. The maximum atomic E-state index is 2.47. The molecular weight excluding hydrogens is 605 g/mol. The lowest BCUT2D eigenvalue weighted by Gasteiger charge is -2.28. The van der Waals surface area contributed by atoms with Crippen LogP contribution in [0.25, 0.3) is 70.9 Å². The Morgan fingerprint density at radius 2 is 0.980 bits per heavy atom. The molecule has 0 aliphatic carbocycles. The average Bonchev–Trinajstić information content (AvgIpc) is 3.53. The molecule has 0 aliphatic rings. The van der Waals surface area contributed by atoms with Crippen LogP contribution in [0.1, 0.15) is 0 Å². The largest absolute Gasteiger partial charge is 0.308 e. The maximum absolute atomic E-state index is 2.47. The van der Waals surface area contributed by atoms with Crippen LogP contribution in [-0.2, 0) is 0 Å². The van der Waals surface area contributed by atoms with E-state index in [9.17, 15) is 0 Å². The number of benzene rings is 9. The van der Waals surface area contributed by atoms with Crippen molar-refractivity contribution < 1.29 is 0 Å². The molecule has 234 valence electrons. The van der Waals surface area contributed by atoms with Crippen molar-refractivity contribution in [2.45, 2.75) is 0 Å². The summed E-state index contributed by atoms with van der Waals surface area (Å²) in [5.74, 6) is 0. The van der Waals surface area contributed by atoms with Crippen molar-refractivity contribution in [3.8, 4) is 16.8 Å². The number of fused-ring (bicyclic) bond motifs is 8. The van der Waals surface area contributed by atoms with Crippen LogP contribution in [-0.4, -0.2) is 4.57 Å². The van der Waals surface area contributed by atoms with Gasteiger partial charge < -0.3 is 9.47 Å². The van der Waals surface area contributed by atoms with E-state index in [4.69, 9.17) is 0 Å². The topological polar surface area (TPSA) is 8.17 Å². The fourth-order valence-corrected chi connectivity index (χ4v) is 7.91. The van der Waals surface area contributed by atoms with E-state index in [1.807, 2.05) is 0 Å². The minimum atomic E-state index is 1.11. The maximum Gasteiger partial charge on any atom is 0.0782 e. The molecule has 2 nitrogen and oxygen atoms in total. The highest BCUT2D eigenvalue weighted by atomic mass is 15.2. The molecule has 1 aromatic heterocycles. The van der Waals surface area contributed by atoms with E-state index in [0.29, 0.717) is 0 Å². The summed E-state index contributed by atoms with van der Waals surface area (Å²) in [5.41, 5.74) is 9.25. The van der Waals surface area contributed by atoms with Crippen LogP contribution in [0.3, 0.4) is 0 Å². The summed E-state index contributed by atoms with van der Waals surface area (Å²) in [7, 11) is 0. The molecule has 10 aromatic rings. The molecule has 0 amide bonds. The highest BCUT2D eigenvalue weighted by Gasteiger charge is 2.23. The van der Waals surface area contributed by atoms with E-state index in [1.165, 1.54) is 65.3 Å². The first-order valence-corrected chi connectivity index (χ1v) is 17.2. The number of hydrogen-bond donors (Lipinski definition) is 0. The van der Waals surface area contributed by atoms with Gasteiger partial charge in [-0.2, -0.15) is 0 Å². The van der Waals surface area contributed by atoms with Gasteiger partial charge in [0.2, 0.25) is 0 Å². The van der Waals surface area contributed by atoms with Crippen LogP contribution in [0, 0.1) is 0 Å². The van der Waals surface area contributed by atoms with E-state index in [0.717, 1.165) is 22.7 Å². The molecule has 0 saturated carbocycles. The summed E-state index contributed by atoms with van der Waals surface area (Å²) >= 11 is 0. The van der Waals surface area contributed by atoms with Crippen molar-refractivity contribution in [2.24, 2.45) is 0 Å². The molecule has 9 aromatic carbocycles. The van der Waals surface area contributed by atoms with Crippen LogP contribution < -0.4 is 4.90 Å². The second kappa shape index (κ2) is 11.5. The molecule has 0 fully saturated rings. The molecule has 0 spiro atoms. The molecule has 50 heavy (non-hydrogen) atoms. The quantitative estimate of drug-likeness (QED) is 0.171. The van der Waals surface area contributed by atoms with Crippen LogP contribution in [0.15, 0.2) is 194 Å². The Labute approximate surface area is 290 Å². The van der Waals surface area contributed by atoms with Gasteiger partial charge in [-0.3, -0.25) is 0 Å². The fraction of sp³-hybridized carbons (Fsp3) is 0. The van der Waals surface area contributed by atoms with Gasteiger partial charge in [-0.25, -0.2) is 0 Å². The number of hydrogen-bond acceptors (Lipinski definition) is 1. The molecule has 0 saturated heterocycles. The predicted molar refractivity (Wildman–Crippen MR) is 213 cm³/mol. The minimum absolute atomic E-state index is 1.11. The molecule has 0 aliphatic heterocycles. The molecule has 0 atom stereocenters. The zero-order valence-corrected chi connectivity index (χ0v) is 27.4. The first-order chi connectivity index (χ1) is 24.8. The number of aromatic nitrogens is 1. The Balaban J connectivity index is 1.29. The number of rotatable bonds is 5. The molecule has 0 N–H and O–H groups in total. The Hall–Kier alpha value is -6.64. The van der Waals surface area contributed by atoms with Gasteiger partial charge in [-0.05, 0) is 80.3 Å². The monoisotopic (exact) mass is 636 g/mol. The molecule has 0 radical (unpaired) electrons. The number of para-hydroxylation sites is 4. The highest BCUT2D eigenvalue weighted by molar-refractivity contribution is 6.19. The molecule has 2 heteroatoms. The zero-order valence-electron chi connectivity index (χ0n) is 27.4. The van der Waals surface area contributed by atoms with Crippen molar-refractivity contribution in [3.05, 3.63) is 194 Å². The second-order valence-electron chi connectivity index (χ2n) is 12.9. The first kappa shape index (κ1) is 28.4. The summed E-state index contributed by atoms with van der Waals surface area (Å²) in [5, 5.41) is 10.0. The average molecular weight is 637 g/mol. The van der Waals surface area contributed by atoms with Gasteiger partial charge in [-0.1, -0.05) is 152 Å². The summed E-state index contributed by atoms with van der Waals surface area (Å²) in [6.07, 6.45) is 0. The Kier molecular flexibility index (Phi) is 6.53. The lowest BCUT2D eigenvalue weighted by molar-refractivity contribution is 1.17. The van der Waals surface area contributed by atoms with E-state index < -0.39 is 0 Å². The first-order valence-electron chi connectivity index (χ1n) is 17.2. The SMILES string of the molecule is c1ccc(-c2ccccc2-n2c3ccccc3c3cccc(N(c4ccccc4)c4ccc5ccc6c7ccccc7ccc6c5c4)c32)cc1. The number of nitrogens with zero attached hydrogens (tertiary/aromatic N) is 2. The van der Waals surface area contributed by atoms with Gasteiger partial charge in [0, 0.05) is 27.7 Å². The normalized spacial score (nSPS) is 11.6. The lowest BCUT2D eigenvalue weighted by atomic mass is 9.96. The van der Waals surface area contributed by atoms with Crippen LogP contribution in [0.2, 0.25) is 0 Å². The van der Waals surface area contributed by atoms with E-state index >= 15 is 0 Å². The van der Waals surface area contributed by atoms with E-state index in [2.05, 4.69) is 204 Å². The summed E-state index contributed by atoms with van der Waals surface area (Å²) in [6.45, 7) is 0. The molecule has 10 rings (SSSR count). The van der Waals surface area contributed by atoms with Crippen LogP contribution in [0.4, 0.5) is 17.1 Å². The summed E-state index contributed by atoms with van der Waals surface area (Å²) in [6, 6.07) is 70.5. The Morgan fingerprint density at radius 3 is 1.82 bits per heavy atom. The van der Waals surface area contributed by atoms with Gasteiger partial charge in [-0.15, -0.1) is 0 Å². The van der Waals surface area contributed by atoms with Gasteiger partial charge >= 0.3 is 0 Å². The predicted octanol–water partition coefficient (Wildman–Crippen LogP) is 13.4. The highest BCUT2D eigenvalue weighted by Crippen LogP contribution is 2.45. The van der Waals surface area contributed by atoms with E-state index in [1.54, 1.807) is 0 Å². The van der Waals surface area contributed by atoms with Crippen molar-refractivity contribution >= 4 is 71.2 Å². The van der Waals surface area contributed by atoms with Gasteiger partial charge in [0.25, 0.3) is 0 Å². The van der Waals surface area contributed by atoms with Crippen molar-refractivity contribution in [3.63, 3.8) is 0 Å². The van der Waals surface area contributed by atoms with Gasteiger partial charge in [0.1, 0.15) is 0 Å². The van der Waals surface area contributed by atoms with Crippen molar-refractivity contribution in [1.82, 2.24) is 4.57 Å². The summed E-state index contributed by atoms with van der Waals surface area (Å²) < 4.78 is 2.47. The minimum Gasteiger partial charge on any atom is -0.308 e. The van der Waals surface area contributed by atoms with Gasteiger partial charge in [0.05, 0.1) is 22.4 Å². The van der Waals surface area contributed by atoms with E-state index in [-0.39, 0.29) is 0 Å². The molecule has 1 heterocycles. The Bertz CT molecular complexity index is 2870. The van der Waals surface area contributed by atoms with Crippen molar-refractivity contribution in [2.75, 3.05) is 4.90 Å². The molecule has 0 unspecified atom stereocenters. The third-order valence-electron chi connectivity index (χ3n) is 10.1. The lowest BCUT2D eigenvalue weighted by Crippen LogP contribution is -2.11. The van der Waals surface area contributed by atoms with Crippen LogP contribution in [0.5, 0.6) is 0 Å². The second-order valence-corrected chi connectivity index (χ2v) is 12.9. The third kappa shape index (κ3) is 4.43. The van der Waals surface area contributed by atoms with Gasteiger partial charge in [0.15, 0.2) is 0 Å². The third-order valence-corrected chi connectivity index (χ3v) is 10.1. The zero-order chi connectivity index (χ0) is 33.0. The number of anilines is 3. The molecule has 0 bridgehead atoms. The van der Waals surface area contributed by atoms with Crippen molar-refractivity contribution in [1.29, 1.82) is 0 Å².